The topological polar surface area (TPSA) is 20.2 Å². The Balaban J connectivity index is 2.16. The highest BCUT2D eigenvalue weighted by atomic mass is 16.3. The predicted octanol–water partition coefficient (Wildman–Crippen LogP) is 3.04. The van der Waals surface area contributed by atoms with Gasteiger partial charge in [0, 0.05) is 6.42 Å². The van der Waals surface area contributed by atoms with Crippen molar-refractivity contribution >= 4 is 0 Å². The lowest BCUT2D eigenvalue weighted by Crippen LogP contribution is -2.08. The molecule has 0 bridgehead atoms. The summed E-state index contributed by atoms with van der Waals surface area (Å²) in [6.07, 6.45) is 15.7. The molecule has 0 aromatic heterocycles. The molecule has 0 fully saturated rings. The average molecular weight is 192 g/mol. The summed E-state index contributed by atoms with van der Waals surface area (Å²) >= 11 is 0. The van der Waals surface area contributed by atoms with Crippen LogP contribution in [0.15, 0.2) is 11.6 Å². The van der Waals surface area contributed by atoms with Crippen LogP contribution in [-0.4, -0.2) is 11.2 Å². The molecule has 1 N–H and O–H groups in total. The zero-order valence-electron chi connectivity index (χ0n) is 8.84. The van der Waals surface area contributed by atoms with E-state index >= 15 is 0 Å². The van der Waals surface area contributed by atoms with Crippen molar-refractivity contribution in [3.63, 3.8) is 0 Å². The van der Waals surface area contributed by atoms with Gasteiger partial charge in [-0.15, -0.1) is 12.3 Å². The van der Waals surface area contributed by atoms with Crippen molar-refractivity contribution in [3.8, 4) is 12.3 Å². The van der Waals surface area contributed by atoms with Crippen LogP contribution in [0.3, 0.4) is 0 Å². The van der Waals surface area contributed by atoms with Gasteiger partial charge < -0.3 is 5.11 Å². The number of hydrogen-bond donors (Lipinski definition) is 1. The van der Waals surface area contributed by atoms with Crippen LogP contribution in [0.2, 0.25) is 0 Å². The number of terminal acetylenes is 1. The van der Waals surface area contributed by atoms with Gasteiger partial charge in [0.1, 0.15) is 0 Å². The number of allylic oxidation sites excluding steroid dienone is 1. The second-order valence-electron chi connectivity index (χ2n) is 4.06. The number of unbranched alkanes of at least 4 members (excludes halogenated alkanes) is 1. The summed E-state index contributed by atoms with van der Waals surface area (Å²) in [6, 6.07) is 0. The summed E-state index contributed by atoms with van der Waals surface area (Å²) in [7, 11) is 0. The van der Waals surface area contributed by atoms with E-state index in [-0.39, 0.29) is 6.10 Å². The monoisotopic (exact) mass is 192 g/mol. The molecule has 0 saturated carbocycles. The van der Waals surface area contributed by atoms with E-state index in [0.717, 1.165) is 25.7 Å². The molecule has 1 nitrogen and oxygen atoms in total. The summed E-state index contributed by atoms with van der Waals surface area (Å²) < 4.78 is 0. The summed E-state index contributed by atoms with van der Waals surface area (Å²) in [4.78, 5) is 0. The fraction of sp³-hybridized carbons (Fsp3) is 0.692. The maximum atomic E-state index is 9.72. The zero-order valence-corrected chi connectivity index (χ0v) is 8.84. The first kappa shape index (κ1) is 11.3. The zero-order chi connectivity index (χ0) is 10.2. The summed E-state index contributed by atoms with van der Waals surface area (Å²) in [5, 5.41) is 9.72. The first-order valence-corrected chi connectivity index (χ1v) is 5.62. The Morgan fingerprint density at radius 1 is 1.50 bits per heavy atom. The first-order valence-electron chi connectivity index (χ1n) is 5.62. The second-order valence-corrected chi connectivity index (χ2v) is 4.06. The standard InChI is InChI=1S/C13H20O/c1-2-3-5-10-13(14)11-12-8-6-4-7-9-12/h1,8,13-14H,3-7,9-11H2. The third-order valence-electron chi connectivity index (χ3n) is 2.74. The Hall–Kier alpha value is -0.740. The molecule has 0 aromatic carbocycles. The smallest absolute Gasteiger partial charge is 0.0577 e. The Morgan fingerprint density at radius 2 is 2.36 bits per heavy atom. The van der Waals surface area contributed by atoms with Gasteiger partial charge in [-0.25, -0.2) is 0 Å². The lowest BCUT2D eigenvalue weighted by molar-refractivity contribution is 0.161. The van der Waals surface area contributed by atoms with Crippen molar-refractivity contribution in [2.24, 2.45) is 0 Å². The van der Waals surface area contributed by atoms with Crippen LogP contribution in [0.25, 0.3) is 0 Å². The van der Waals surface area contributed by atoms with Crippen LogP contribution in [0.4, 0.5) is 0 Å². The van der Waals surface area contributed by atoms with Gasteiger partial charge in [0.2, 0.25) is 0 Å². The molecule has 0 aliphatic heterocycles. The highest BCUT2D eigenvalue weighted by molar-refractivity contribution is 5.06. The van der Waals surface area contributed by atoms with Gasteiger partial charge in [-0.05, 0) is 44.9 Å². The van der Waals surface area contributed by atoms with Crippen molar-refractivity contribution in [1.82, 2.24) is 0 Å². The molecule has 0 spiro atoms. The maximum Gasteiger partial charge on any atom is 0.0577 e. The van der Waals surface area contributed by atoms with E-state index in [1.54, 1.807) is 0 Å². The fourth-order valence-corrected chi connectivity index (χ4v) is 1.93. The van der Waals surface area contributed by atoms with E-state index < -0.39 is 0 Å². The van der Waals surface area contributed by atoms with Crippen LogP contribution in [-0.2, 0) is 0 Å². The molecule has 0 amide bonds. The first-order chi connectivity index (χ1) is 6.83. The Morgan fingerprint density at radius 3 is 3.00 bits per heavy atom. The number of rotatable bonds is 5. The van der Waals surface area contributed by atoms with Crippen LogP contribution in [0, 0.1) is 12.3 Å². The quantitative estimate of drug-likeness (QED) is 0.403. The molecule has 0 heterocycles. The second kappa shape index (κ2) is 6.68. The number of hydrogen-bond acceptors (Lipinski definition) is 1. The molecule has 1 unspecified atom stereocenters. The Bertz CT molecular complexity index is 222. The molecule has 1 atom stereocenters. The van der Waals surface area contributed by atoms with Gasteiger partial charge >= 0.3 is 0 Å². The normalized spacial score (nSPS) is 18.4. The summed E-state index contributed by atoms with van der Waals surface area (Å²) in [5.74, 6) is 2.60. The molecule has 1 heteroatoms. The van der Waals surface area contributed by atoms with E-state index in [4.69, 9.17) is 6.42 Å². The van der Waals surface area contributed by atoms with E-state index in [1.165, 1.54) is 31.3 Å². The highest BCUT2D eigenvalue weighted by Crippen LogP contribution is 2.22. The highest BCUT2D eigenvalue weighted by Gasteiger charge is 2.09. The molecular formula is C13H20O. The fourth-order valence-electron chi connectivity index (χ4n) is 1.93. The molecule has 0 saturated heterocycles. The SMILES string of the molecule is C#CCCCC(O)CC1=CCCCC1. The van der Waals surface area contributed by atoms with Crippen molar-refractivity contribution in [3.05, 3.63) is 11.6 Å². The predicted molar refractivity (Wildman–Crippen MR) is 59.9 cm³/mol. The third kappa shape index (κ3) is 4.48. The van der Waals surface area contributed by atoms with E-state index in [9.17, 15) is 5.11 Å². The van der Waals surface area contributed by atoms with Gasteiger partial charge in [-0.1, -0.05) is 11.6 Å². The van der Waals surface area contributed by atoms with Crippen molar-refractivity contribution in [2.75, 3.05) is 0 Å². The van der Waals surface area contributed by atoms with Crippen LogP contribution in [0.1, 0.15) is 51.4 Å². The Labute approximate surface area is 87.2 Å². The average Bonchev–Trinajstić information content (AvgIpc) is 2.20. The minimum absolute atomic E-state index is 0.173. The molecule has 14 heavy (non-hydrogen) atoms. The molecule has 0 aromatic rings. The van der Waals surface area contributed by atoms with Gasteiger partial charge in [-0.2, -0.15) is 0 Å². The van der Waals surface area contributed by atoms with E-state index in [1.807, 2.05) is 0 Å². The Kier molecular flexibility index (Phi) is 5.40. The summed E-state index contributed by atoms with van der Waals surface area (Å²) in [5.41, 5.74) is 1.45. The maximum absolute atomic E-state index is 9.72. The van der Waals surface area contributed by atoms with Crippen LogP contribution >= 0.6 is 0 Å². The van der Waals surface area contributed by atoms with Crippen molar-refractivity contribution in [1.29, 1.82) is 0 Å². The van der Waals surface area contributed by atoms with E-state index in [2.05, 4.69) is 12.0 Å². The lowest BCUT2D eigenvalue weighted by atomic mass is 9.94. The molecular weight excluding hydrogens is 172 g/mol. The lowest BCUT2D eigenvalue weighted by Gasteiger charge is -2.16. The van der Waals surface area contributed by atoms with Gasteiger partial charge in [0.15, 0.2) is 0 Å². The van der Waals surface area contributed by atoms with Gasteiger partial charge in [0.25, 0.3) is 0 Å². The van der Waals surface area contributed by atoms with Crippen LogP contribution < -0.4 is 0 Å². The molecule has 1 aliphatic rings. The van der Waals surface area contributed by atoms with E-state index in [0.29, 0.717) is 0 Å². The number of aliphatic hydroxyl groups is 1. The van der Waals surface area contributed by atoms with Crippen LogP contribution in [0.5, 0.6) is 0 Å². The molecule has 1 rings (SSSR count). The minimum Gasteiger partial charge on any atom is -0.393 e. The molecule has 78 valence electrons. The summed E-state index contributed by atoms with van der Waals surface area (Å²) in [6.45, 7) is 0. The molecule has 1 aliphatic carbocycles. The largest absolute Gasteiger partial charge is 0.393 e. The number of aliphatic hydroxyl groups excluding tert-OH is 1. The van der Waals surface area contributed by atoms with Gasteiger partial charge in [-0.3, -0.25) is 0 Å². The molecule has 0 radical (unpaired) electrons. The van der Waals surface area contributed by atoms with Crippen molar-refractivity contribution < 1.29 is 5.11 Å². The minimum atomic E-state index is -0.173. The van der Waals surface area contributed by atoms with Crippen molar-refractivity contribution in [2.45, 2.75) is 57.5 Å². The third-order valence-corrected chi connectivity index (χ3v) is 2.74. The van der Waals surface area contributed by atoms with Gasteiger partial charge in [0.05, 0.1) is 6.10 Å².